The summed E-state index contributed by atoms with van der Waals surface area (Å²) < 4.78 is 14.4. The molecule has 1 atom stereocenters. The molecule has 84 valence electrons. The van der Waals surface area contributed by atoms with E-state index in [0.29, 0.717) is 10.9 Å². The van der Waals surface area contributed by atoms with Crippen LogP contribution >= 0.6 is 15.9 Å². The van der Waals surface area contributed by atoms with Crippen molar-refractivity contribution in [2.75, 3.05) is 0 Å². The molecule has 2 N–H and O–H groups in total. The lowest BCUT2D eigenvalue weighted by Crippen LogP contribution is -2.03. The molecule has 1 aromatic rings. The van der Waals surface area contributed by atoms with Crippen LogP contribution in [0.15, 0.2) is 16.6 Å². The van der Waals surface area contributed by atoms with Gasteiger partial charge in [0.1, 0.15) is 5.82 Å². The van der Waals surface area contributed by atoms with Crippen LogP contribution in [0.2, 0.25) is 0 Å². The molecule has 0 saturated carbocycles. The number of rotatable bonds is 4. The molecule has 1 rings (SSSR count). The fraction of sp³-hybridized carbons (Fsp3) is 0.455. The SMILES string of the molecule is CCCC(O)c1cc(Br)cc(CO)c1F. The lowest BCUT2D eigenvalue weighted by molar-refractivity contribution is 0.161. The van der Waals surface area contributed by atoms with Crippen molar-refractivity contribution in [1.29, 1.82) is 0 Å². The van der Waals surface area contributed by atoms with Crippen LogP contribution in [0.1, 0.15) is 37.0 Å². The van der Waals surface area contributed by atoms with Crippen molar-refractivity contribution in [2.24, 2.45) is 0 Å². The summed E-state index contributed by atoms with van der Waals surface area (Å²) in [6, 6.07) is 3.06. The first kappa shape index (κ1) is 12.6. The van der Waals surface area contributed by atoms with Gasteiger partial charge in [-0.1, -0.05) is 29.3 Å². The first-order valence-electron chi connectivity index (χ1n) is 4.86. The predicted molar refractivity (Wildman–Crippen MR) is 59.9 cm³/mol. The molecule has 0 heterocycles. The molecule has 0 amide bonds. The summed E-state index contributed by atoms with van der Waals surface area (Å²) in [6.07, 6.45) is 0.484. The third-order valence-electron chi connectivity index (χ3n) is 2.23. The number of benzene rings is 1. The molecular formula is C11H14BrFO2. The van der Waals surface area contributed by atoms with Crippen LogP contribution in [0.3, 0.4) is 0 Å². The molecule has 1 aromatic carbocycles. The summed E-state index contributed by atoms with van der Waals surface area (Å²) in [5.74, 6) is -0.512. The lowest BCUT2D eigenvalue weighted by atomic mass is 10.0. The Balaban J connectivity index is 3.11. The van der Waals surface area contributed by atoms with Gasteiger partial charge in [-0.2, -0.15) is 0 Å². The standard InChI is InChI=1S/C11H14BrFO2/c1-2-3-10(15)9-5-8(12)4-7(6-14)11(9)13/h4-5,10,14-15H,2-3,6H2,1H3. The molecule has 0 spiro atoms. The largest absolute Gasteiger partial charge is 0.392 e. The van der Waals surface area contributed by atoms with Crippen molar-refractivity contribution < 1.29 is 14.6 Å². The quantitative estimate of drug-likeness (QED) is 0.888. The zero-order valence-electron chi connectivity index (χ0n) is 8.50. The van der Waals surface area contributed by atoms with Crippen LogP contribution < -0.4 is 0 Å². The molecule has 0 aliphatic rings. The van der Waals surface area contributed by atoms with Gasteiger partial charge in [0.2, 0.25) is 0 Å². The summed E-state index contributed by atoms with van der Waals surface area (Å²) in [5.41, 5.74) is 0.449. The number of hydrogen-bond donors (Lipinski definition) is 2. The van der Waals surface area contributed by atoms with Crippen molar-refractivity contribution in [1.82, 2.24) is 0 Å². The van der Waals surface area contributed by atoms with E-state index in [1.165, 1.54) is 6.07 Å². The molecule has 15 heavy (non-hydrogen) atoms. The molecular weight excluding hydrogens is 263 g/mol. The van der Waals surface area contributed by atoms with Crippen molar-refractivity contribution in [2.45, 2.75) is 32.5 Å². The van der Waals surface area contributed by atoms with Gasteiger partial charge in [0.25, 0.3) is 0 Å². The van der Waals surface area contributed by atoms with E-state index in [1.54, 1.807) is 6.07 Å². The van der Waals surface area contributed by atoms with Crippen molar-refractivity contribution in [3.05, 3.63) is 33.5 Å². The molecule has 4 heteroatoms. The van der Waals surface area contributed by atoms with Crippen LogP contribution in [-0.2, 0) is 6.61 Å². The van der Waals surface area contributed by atoms with Gasteiger partial charge in [-0.25, -0.2) is 4.39 Å². The highest BCUT2D eigenvalue weighted by molar-refractivity contribution is 9.10. The maximum absolute atomic E-state index is 13.7. The first-order chi connectivity index (χ1) is 7.10. The molecule has 0 radical (unpaired) electrons. The molecule has 0 aliphatic heterocycles. The number of hydrogen-bond acceptors (Lipinski definition) is 2. The molecule has 0 fully saturated rings. The maximum atomic E-state index is 13.7. The second-order valence-corrected chi connectivity index (χ2v) is 4.35. The van der Waals surface area contributed by atoms with Gasteiger partial charge < -0.3 is 10.2 Å². The monoisotopic (exact) mass is 276 g/mol. The van der Waals surface area contributed by atoms with E-state index in [9.17, 15) is 9.50 Å². The molecule has 1 unspecified atom stereocenters. The molecule has 0 bridgehead atoms. The Morgan fingerprint density at radius 3 is 2.67 bits per heavy atom. The third kappa shape index (κ3) is 3.00. The summed E-state index contributed by atoms with van der Waals surface area (Å²) in [4.78, 5) is 0. The van der Waals surface area contributed by atoms with Gasteiger partial charge in [-0.05, 0) is 18.6 Å². The predicted octanol–water partition coefficient (Wildman–Crippen LogP) is 2.91. The smallest absolute Gasteiger partial charge is 0.134 e. The first-order valence-corrected chi connectivity index (χ1v) is 5.66. The van der Waals surface area contributed by atoms with E-state index < -0.39 is 11.9 Å². The van der Waals surface area contributed by atoms with Crippen LogP contribution in [0.25, 0.3) is 0 Å². The molecule has 0 aliphatic carbocycles. The average molecular weight is 277 g/mol. The Morgan fingerprint density at radius 1 is 1.47 bits per heavy atom. The summed E-state index contributed by atoms with van der Waals surface area (Å²) >= 11 is 3.22. The van der Waals surface area contributed by atoms with Gasteiger partial charge in [-0.3, -0.25) is 0 Å². The van der Waals surface area contributed by atoms with Crippen LogP contribution in [-0.4, -0.2) is 10.2 Å². The Labute approximate surface area is 96.9 Å². The van der Waals surface area contributed by atoms with E-state index in [2.05, 4.69) is 15.9 Å². The summed E-state index contributed by atoms with van der Waals surface area (Å²) in [6.45, 7) is 1.56. The highest BCUT2D eigenvalue weighted by atomic mass is 79.9. The molecule has 2 nitrogen and oxygen atoms in total. The highest BCUT2D eigenvalue weighted by Gasteiger charge is 2.15. The van der Waals surface area contributed by atoms with Crippen molar-refractivity contribution in [3.63, 3.8) is 0 Å². The summed E-state index contributed by atoms with van der Waals surface area (Å²) in [5, 5.41) is 18.6. The number of aliphatic hydroxyl groups is 2. The minimum absolute atomic E-state index is 0.203. The van der Waals surface area contributed by atoms with Gasteiger partial charge in [0.05, 0.1) is 12.7 Å². The Hall–Kier alpha value is -0.450. The average Bonchev–Trinajstić information content (AvgIpc) is 2.21. The fourth-order valence-corrected chi connectivity index (χ4v) is 1.98. The van der Waals surface area contributed by atoms with Gasteiger partial charge >= 0.3 is 0 Å². The normalized spacial score (nSPS) is 12.9. The van der Waals surface area contributed by atoms with Gasteiger partial charge in [-0.15, -0.1) is 0 Å². The fourth-order valence-electron chi connectivity index (χ4n) is 1.46. The van der Waals surface area contributed by atoms with Crippen molar-refractivity contribution in [3.8, 4) is 0 Å². The zero-order valence-corrected chi connectivity index (χ0v) is 10.1. The minimum Gasteiger partial charge on any atom is -0.392 e. The van der Waals surface area contributed by atoms with E-state index in [-0.39, 0.29) is 17.7 Å². The second-order valence-electron chi connectivity index (χ2n) is 3.43. The van der Waals surface area contributed by atoms with Crippen LogP contribution in [0, 0.1) is 5.82 Å². The maximum Gasteiger partial charge on any atom is 0.134 e. The van der Waals surface area contributed by atoms with Crippen molar-refractivity contribution >= 4 is 15.9 Å². The highest BCUT2D eigenvalue weighted by Crippen LogP contribution is 2.27. The molecule has 0 aromatic heterocycles. The van der Waals surface area contributed by atoms with E-state index >= 15 is 0 Å². The second kappa shape index (κ2) is 5.58. The Kier molecular flexibility index (Phi) is 4.70. The Morgan fingerprint density at radius 2 is 2.13 bits per heavy atom. The van der Waals surface area contributed by atoms with Gasteiger partial charge in [0, 0.05) is 15.6 Å². The molecule has 0 saturated heterocycles. The van der Waals surface area contributed by atoms with Crippen LogP contribution in [0.5, 0.6) is 0 Å². The lowest BCUT2D eigenvalue weighted by Gasteiger charge is -2.13. The van der Waals surface area contributed by atoms with E-state index in [1.807, 2.05) is 6.92 Å². The van der Waals surface area contributed by atoms with E-state index in [4.69, 9.17) is 5.11 Å². The topological polar surface area (TPSA) is 40.5 Å². The number of aliphatic hydroxyl groups excluding tert-OH is 2. The van der Waals surface area contributed by atoms with Gasteiger partial charge in [0.15, 0.2) is 0 Å². The number of halogens is 2. The van der Waals surface area contributed by atoms with E-state index in [0.717, 1.165) is 6.42 Å². The van der Waals surface area contributed by atoms with Crippen LogP contribution in [0.4, 0.5) is 4.39 Å². The zero-order chi connectivity index (χ0) is 11.4. The third-order valence-corrected chi connectivity index (χ3v) is 2.69. The summed E-state index contributed by atoms with van der Waals surface area (Å²) in [7, 11) is 0. The Bertz CT molecular complexity index is 342. The minimum atomic E-state index is -0.808.